The molecular formula is C14H23NO. The van der Waals surface area contributed by atoms with E-state index in [1.165, 1.54) is 51.4 Å². The van der Waals surface area contributed by atoms with Crippen molar-refractivity contribution in [2.75, 3.05) is 6.54 Å². The van der Waals surface area contributed by atoms with E-state index in [9.17, 15) is 4.79 Å². The standard InChI is InChI=1S/C14H23NO/c16-14(13-8-11-7-12(11)9-13)15-6-5-10-3-1-2-4-10/h10-13H,1-9H2,(H,15,16). The Bertz CT molecular complexity index is 260. The number of fused-ring (bicyclic) bond motifs is 1. The summed E-state index contributed by atoms with van der Waals surface area (Å²) in [7, 11) is 0. The van der Waals surface area contributed by atoms with Crippen molar-refractivity contribution in [1.82, 2.24) is 5.32 Å². The third-order valence-electron chi connectivity index (χ3n) is 4.94. The maximum atomic E-state index is 11.9. The van der Waals surface area contributed by atoms with Gasteiger partial charge in [0, 0.05) is 12.5 Å². The molecule has 3 fully saturated rings. The molecule has 0 heterocycles. The second kappa shape index (κ2) is 4.38. The van der Waals surface area contributed by atoms with Gasteiger partial charge in [0.1, 0.15) is 0 Å². The lowest BCUT2D eigenvalue weighted by Crippen LogP contribution is -2.31. The van der Waals surface area contributed by atoms with Crippen molar-refractivity contribution in [1.29, 1.82) is 0 Å². The van der Waals surface area contributed by atoms with Crippen LogP contribution in [0.1, 0.15) is 51.4 Å². The number of amides is 1. The summed E-state index contributed by atoms with van der Waals surface area (Å²) in [5.41, 5.74) is 0. The van der Waals surface area contributed by atoms with Crippen LogP contribution >= 0.6 is 0 Å². The van der Waals surface area contributed by atoms with Gasteiger partial charge in [-0.25, -0.2) is 0 Å². The number of rotatable bonds is 4. The Morgan fingerprint density at radius 3 is 2.44 bits per heavy atom. The minimum atomic E-state index is 0.352. The summed E-state index contributed by atoms with van der Waals surface area (Å²) < 4.78 is 0. The third kappa shape index (κ3) is 2.26. The summed E-state index contributed by atoms with van der Waals surface area (Å²) in [6, 6.07) is 0. The number of carbonyl (C=O) groups is 1. The summed E-state index contributed by atoms with van der Waals surface area (Å²) in [5, 5.41) is 3.15. The molecule has 3 saturated carbocycles. The molecule has 16 heavy (non-hydrogen) atoms. The average molecular weight is 221 g/mol. The van der Waals surface area contributed by atoms with Crippen LogP contribution in [0.2, 0.25) is 0 Å². The Morgan fingerprint density at radius 2 is 1.75 bits per heavy atom. The SMILES string of the molecule is O=C(NCCC1CCCC1)C1CC2CC2C1. The first-order valence-corrected chi connectivity index (χ1v) is 7.10. The van der Waals surface area contributed by atoms with E-state index in [1.807, 2.05) is 0 Å². The van der Waals surface area contributed by atoms with Gasteiger partial charge in [-0.2, -0.15) is 0 Å². The van der Waals surface area contributed by atoms with E-state index < -0.39 is 0 Å². The number of carbonyl (C=O) groups excluding carboxylic acids is 1. The first-order valence-electron chi connectivity index (χ1n) is 7.10. The molecule has 1 amide bonds. The Balaban J connectivity index is 1.33. The van der Waals surface area contributed by atoms with E-state index in [0.717, 1.165) is 24.3 Å². The largest absolute Gasteiger partial charge is 0.356 e. The molecule has 2 heteroatoms. The molecule has 2 nitrogen and oxygen atoms in total. The maximum absolute atomic E-state index is 11.9. The van der Waals surface area contributed by atoms with Gasteiger partial charge in [-0.3, -0.25) is 4.79 Å². The zero-order valence-corrected chi connectivity index (χ0v) is 10.1. The summed E-state index contributed by atoms with van der Waals surface area (Å²) >= 11 is 0. The van der Waals surface area contributed by atoms with E-state index in [4.69, 9.17) is 0 Å². The molecule has 0 bridgehead atoms. The fourth-order valence-corrected chi connectivity index (χ4v) is 3.77. The van der Waals surface area contributed by atoms with Crippen molar-refractivity contribution >= 4 is 5.91 Å². The highest BCUT2D eigenvalue weighted by Crippen LogP contribution is 2.54. The molecule has 3 aliphatic carbocycles. The molecule has 1 N–H and O–H groups in total. The first-order chi connectivity index (χ1) is 7.83. The first kappa shape index (κ1) is 10.6. The van der Waals surface area contributed by atoms with Crippen molar-refractivity contribution < 1.29 is 4.79 Å². The smallest absolute Gasteiger partial charge is 0.223 e. The summed E-state index contributed by atoms with van der Waals surface area (Å²) in [6.45, 7) is 0.926. The molecule has 3 aliphatic rings. The lowest BCUT2D eigenvalue weighted by Gasteiger charge is -2.14. The number of nitrogens with one attached hydrogen (secondary N) is 1. The molecule has 0 aromatic carbocycles. The van der Waals surface area contributed by atoms with Gasteiger partial charge in [-0.1, -0.05) is 25.7 Å². The average Bonchev–Trinajstić information content (AvgIpc) is 2.72. The second-order valence-corrected chi connectivity index (χ2v) is 6.15. The van der Waals surface area contributed by atoms with Gasteiger partial charge >= 0.3 is 0 Å². The molecule has 2 unspecified atom stereocenters. The summed E-state index contributed by atoms with van der Waals surface area (Å²) in [4.78, 5) is 11.9. The van der Waals surface area contributed by atoms with Gasteiger partial charge in [0.25, 0.3) is 0 Å². The highest BCUT2D eigenvalue weighted by atomic mass is 16.1. The topological polar surface area (TPSA) is 29.1 Å². The third-order valence-corrected chi connectivity index (χ3v) is 4.94. The van der Waals surface area contributed by atoms with Gasteiger partial charge in [0.05, 0.1) is 0 Å². The van der Waals surface area contributed by atoms with Crippen LogP contribution in [0.15, 0.2) is 0 Å². The van der Waals surface area contributed by atoms with Crippen LogP contribution in [0.3, 0.4) is 0 Å². The van der Waals surface area contributed by atoms with Gasteiger partial charge in [0.15, 0.2) is 0 Å². The van der Waals surface area contributed by atoms with E-state index >= 15 is 0 Å². The molecule has 2 atom stereocenters. The molecule has 0 aromatic rings. The van der Waals surface area contributed by atoms with Gasteiger partial charge in [-0.15, -0.1) is 0 Å². The van der Waals surface area contributed by atoms with Crippen LogP contribution in [0.5, 0.6) is 0 Å². The number of hydrogen-bond donors (Lipinski definition) is 1. The van der Waals surface area contributed by atoms with E-state index in [2.05, 4.69) is 5.32 Å². The van der Waals surface area contributed by atoms with Crippen molar-refractivity contribution in [3.8, 4) is 0 Å². The second-order valence-electron chi connectivity index (χ2n) is 6.15. The molecule has 0 spiro atoms. The lowest BCUT2D eigenvalue weighted by molar-refractivity contribution is -0.125. The molecule has 0 aromatic heterocycles. The van der Waals surface area contributed by atoms with Crippen LogP contribution in [-0.4, -0.2) is 12.5 Å². The predicted octanol–water partition coefficient (Wildman–Crippen LogP) is 2.73. The normalized spacial score (nSPS) is 37.4. The van der Waals surface area contributed by atoms with Crippen LogP contribution in [-0.2, 0) is 4.79 Å². The molecule has 0 saturated heterocycles. The monoisotopic (exact) mass is 221 g/mol. The van der Waals surface area contributed by atoms with Gasteiger partial charge < -0.3 is 5.32 Å². The fraction of sp³-hybridized carbons (Fsp3) is 0.929. The minimum Gasteiger partial charge on any atom is -0.356 e. The molecule has 3 rings (SSSR count). The quantitative estimate of drug-likeness (QED) is 0.777. The Kier molecular flexibility index (Phi) is 2.91. The van der Waals surface area contributed by atoms with Crippen molar-refractivity contribution in [3.05, 3.63) is 0 Å². The van der Waals surface area contributed by atoms with Gasteiger partial charge in [-0.05, 0) is 43.4 Å². The van der Waals surface area contributed by atoms with Crippen LogP contribution < -0.4 is 5.32 Å². The summed E-state index contributed by atoms with van der Waals surface area (Å²) in [5.74, 6) is 3.46. The van der Waals surface area contributed by atoms with Crippen LogP contribution in [0.4, 0.5) is 0 Å². The molecule has 0 radical (unpaired) electrons. The Hall–Kier alpha value is -0.530. The molecular weight excluding hydrogens is 198 g/mol. The molecule has 0 aliphatic heterocycles. The van der Waals surface area contributed by atoms with Crippen molar-refractivity contribution in [2.45, 2.75) is 51.4 Å². The Morgan fingerprint density at radius 1 is 1.06 bits per heavy atom. The molecule has 90 valence electrons. The maximum Gasteiger partial charge on any atom is 0.223 e. The number of hydrogen-bond acceptors (Lipinski definition) is 1. The Labute approximate surface area is 98.2 Å². The zero-order chi connectivity index (χ0) is 11.0. The zero-order valence-electron chi connectivity index (χ0n) is 10.1. The van der Waals surface area contributed by atoms with E-state index in [1.54, 1.807) is 0 Å². The van der Waals surface area contributed by atoms with Crippen molar-refractivity contribution in [2.24, 2.45) is 23.7 Å². The van der Waals surface area contributed by atoms with Crippen molar-refractivity contribution in [3.63, 3.8) is 0 Å². The van der Waals surface area contributed by atoms with Crippen LogP contribution in [0, 0.1) is 23.7 Å². The fourth-order valence-electron chi connectivity index (χ4n) is 3.77. The predicted molar refractivity (Wildman–Crippen MR) is 63.9 cm³/mol. The lowest BCUT2D eigenvalue weighted by atomic mass is 10.0. The minimum absolute atomic E-state index is 0.352. The van der Waals surface area contributed by atoms with Gasteiger partial charge in [0.2, 0.25) is 5.91 Å². The van der Waals surface area contributed by atoms with E-state index in [-0.39, 0.29) is 0 Å². The highest BCUT2D eigenvalue weighted by molar-refractivity contribution is 5.79. The van der Waals surface area contributed by atoms with E-state index in [0.29, 0.717) is 11.8 Å². The summed E-state index contributed by atoms with van der Waals surface area (Å²) in [6.07, 6.45) is 10.6. The highest BCUT2D eigenvalue weighted by Gasteiger charge is 2.47. The van der Waals surface area contributed by atoms with Crippen LogP contribution in [0.25, 0.3) is 0 Å².